The summed E-state index contributed by atoms with van der Waals surface area (Å²) in [5.74, 6) is -0.0532. The molecule has 0 aliphatic carbocycles. The number of aryl methyl sites for hydroxylation is 2. The predicted octanol–water partition coefficient (Wildman–Crippen LogP) is 2.96. The Morgan fingerprint density at radius 3 is 2.62 bits per heavy atom. The molecule has 1 N–H and O–H groups in total. The second-order valence-corrected chi connectivity index (χ2v) is 5.89. The van der Waals surface area contributed by atoms with Crippen LogP contribution >= 0.6 is 0 Å². The first-order chi connectivity index (χ1) is 12.5. The Kier molecular flexibility index (Phi) is 4.97. The van der Waals surface area contributed by atoms with Gasteiger partial charge in [0.25, 0.3) is 5.91 Å². The highest BCUT2D eigenvalue weighted by molar-refractivity contribution is 5.94. The van der Waals surface area contributed by atoms with Crippen LogP contribution in [-0.4, -0.2) is 27.8 Å². The zero-order valence-corrected chi connectivity index (χ0v) is 14.8. The summed E-state index contributed by atoms with van der Waals surface area (Å²) in [6, 6.07) is 9.77. The van der Waals surface area contributed by atoms with Crippen molar-refractivity contribution in [1.29, 1.82) is 0 Å². The van der Waals surface area contributed by atoms with Gasteiger partial charge in [-0.25, -0.2) is 14.1 Å². The Morgan fingerprint density at radius 1 is 1.23 bits per heavy atom. The molecule has 134 valence electrons. The molecule has 0 fully saturated rings. The van der Waals surface area contributed by atoms with Gasteiger partial charge < -0.3 is 10.1 Å². The molecule has 0 saturated carbocycles. The van der Waals surface area contributed by atoms with E-state index in [1.807, 2.05) is 32.0 Å². The van der Waals surface area contributed by atoms with Crippen LogP contribution in [0.5, 0.6) is 5.75 Å². The number of rotatable bonds is 5. The van der Waals surface area contributed by atoms with Gasteiger partial charge in [0, 0.05) is 24.5 Å². The standard InChI is InChI=1S/C19H19FN4O2/c1-12-8-13(2)24(23-12)18-7-4-14(10-21-18)11-22-19(25)16-6-5-15(26-3)9-17(16)20/h4-10H,11H2,1-3H3,(H,22,25). The normalized spacial score (nSPS) is 10.6. The van der Waals surface area contributed by atoms with Crippen molar-refractivity contribution in [3.05, 3.63) is 70.9 Å². The summed E-state index contributed by atoms with van der Waals surface area (Å²) in [5, 5.41) is 7.07. The molecule has 1 aromatic carbocycles. The molecular weight excluding hydrogens is 335 g/mol. The second-order valence-electron chi connectivity index (χ2n) is 5.89. The van der Waals surface area contributed by atoms with Crippen LogP contribution in [0, 0.1) is 19.7 Å². The molecule has 26 heavy (non-hydrogen) atoms. The van der Waals surface area contributed by atoms with E-state index in [0.717, 1.165) is 17.0 Å². The van der Waals surface area contributed by atoms with Gasteiger partial charge in [-0.15, -0.1) is 0 Å². The average molecular weight is 354 g/mol. The molecule has 6 nitrogen and oxygen atoms in total. The maximum Gasteiger partial charge on any atom is 0.254 e. The summed E-state index contributed by atoms with van der Waals surface area (Å²) in [7, 11) is 1.44. The van der Waals surface area contributed by atoms with Crippen molar-refractivity contribution in [3.63, 3.8) is 0 Å². The van der Waals surface area contributed by atoms with Gasteiger partial charge in [0.05, 0.1) is 18.4 Å². The van der Waals surface area contributed by atoms with Gasteiger partial charge in [-0.3, -0.25) is 4.79 Å². The van der Waals surface area contributed by atoms with Crippen molar-refractivity contribution in [2.75, 3.05) is 7.11 Å². The van der Waals surface area contributed by atoms with Crippen molar-refractivity contribution >= 4 is 5.91 Å². The number of pyridine rings is 1. The summed E-state index contributed by atoms with van der Waals surface area (Å²) in [6.07, 6.45) is 1.66. The van der Waals surface area contributed by atoms with E-state index in [0.29, 0.717) is 11.6 Å². The number of methoxy groups -OCH3 is 1. The molecule has 2 aromatic heterocycles. The highest BCUT2D eigenvalue weighted by Crippen LogP contribution is 2.16. The summed E-state index contributed by atoms with van der Waals surface area (Å²) in [4.78, 5) is 16.5. The smallest absolute Gasteiger partial charge is 0.254 e. The molecule has 0 saturated heterocycles. The van der Waals surface area contributed by atoms with E-state index in [1.165, 1.54) is 19.2 Å². The summed E-state index contributed by atoms with van der Waals surface area (Å²) in [6.45, 7) is 4.12. The van der Waals surface area contributed by atoms with Crippen LogP contribution in [-0.2, 0) is 6.54 Å². The Labute approximate surface area is 150 Å². The van der Waals surface area contributed by atoms with Crippen LogP contribution in [0.3, 0.4) is 0 Å². The maximum atomic E-state index is 13.9. The van der Waals surface area contributed by atoms with Crippen molar-refractivity contribution in [3.8, 4) is 11.6 Å². The molecule has 2 heterocycles. The molecule has 0 bridgehead atoms. The van der Waals surface area contributed by atoms with Crippen LogP contribution in [0.15, 0.2) is 42.6 Å². The van der Waals surface area contributed by atoms with Gasteiger partial charge in [-0.1, -0.05) is 6.07 Å². The number of amides is 1. The molecule has 0 atom stereocenters. The van der Waals surface area contributed by atoms with Crippen LogP contribution in [0.2, 0.25) is 0 Å². The molecule has 0 unspecified atom stereocenters. The first kappa shape index (κ1) is 17.6. The average Bonchev–Trinajstić information content (AvgIpc) is 2.98. The van der Waals surface area contributed by atoms with E-state index in [4.69, 9.17) is 4.74 Å². The van der Waals surface area contributed by atoms with Crippen molar-refractivity contribution in [2.24, 2.45) is 0 Å². The Balaban J connectivity index is 1.66. The van der Waals surface area contributed by atoms with Crippen LogP contribution in [0.4, 0.5) is 4.39 Å². The number of benzene rings is 1. The van der Waals surface area contributed by atoms with Crippen molar-refractivity contribution in [1.82, 2.24) is 20.1 Å². The molecular formula is C19H19FN4O2. The highest BCUT2D eigenvalue weighted by Gasteiger charge is 2.12. The minimum atomic E-state index is -0.625. The lowest BCUT2D eigenvalue weighted by molar-refractivity contribution is 0.0947. The van der Waals surface area contributed by atoms with Crippen LogP contribution in [0.25, 0.3) is 5.82 Å². The van der Waals surface area contributed by atoms with Crippen LogP contribution in [0.1, 0.15) is 27.3 Å². The molecule has 3 rings (SSSR count). The Bertz CT molecular complexity index is 935. The van der Waals surface area contributed by atoms with Gasteiger partial charge in [0.2, 0.25) is 0 Å². The molecule has 1 amide bonds. The third-order valence-electron chi connectivity index (χ3n) is 3.91. The fourth-order valence-electron chi connectivity index (χ4n) is 2.59. The number of nitrogens with one attached hydrogen (secondary N) is 1. The number of ether oxygens (including phenoxy) is 1. The zero-order chi connectivity index (χ0) is 18.7. The van der Waals surface area contributed by atoms with Crippen molar-refractivity contribution < 1.29 is 13.9 Å². The fourth-order valence-corrected chi connectivity index (χ4v) is 2.59. The SMILES string of the molecule is COc1ccc(C(=O)NCc2ccc(-n3nc(C)cc3C)nc2)c(F)c1. The van der Waals surface area contributed by atoms with E-state index in [-0.39, 0.29) is 12.1 Å². The van der Waals surface area contributed by atoms with Gasteiger partial charge in [0.1, 0.15) is 11.6 Å². The second kappa shape index (κ2) is 7.35. The predicted molar refractivity (Wildman–Crippen MR) is 95.0 cm³/mol. The largest absolute Gasteiger partial charge is 0.497 e. The van der Waals surface area contributed by atoms with Gasteiger partial charge in [-0.2, -0.15) is 5.10 Å². The lowest BCUT2D eigenvalue weighted by Gasteiger charge is -2.08. The third kappa shape index (κ3) is 3.72. The van der Waals surface area contributed by atoms with Gasteiger partial charge in [-0.05, 0) is 43.7 Å². The topological polar surface area (TPSA) is 69.0 Å². The lowest BCUT2D eigenvalue weighted by atomic mass is 10.2. The Morgan fingerprint density at radius 2 is 2.04 bits per heavy atom. The number of aromatic nitrogens is 3. The van der Waals surface area contributed by atoms with E-state index in [1.54, 1.807) is 16.9 Å². The summed E-state index contributed by atoms with van der Waals surface area (Å²) >= 11 is 0. The Hall–Kier alpha value is -3.22. The fraction of sp³-hybridized carbons (Fsp3) is 0.211. The number of halogens is 1. The quantitative estimate of drug-likeness (QED) is 0.765. The minimum Gasteiger partial charge on any atom is -0.497 e. The minimum absolute atomic E-state index is 0.0296. The number of hydrogen-bond donors (Lipinski definition) is 1. The number of carbonyl (C=O) groups is 1. The highest BCUT2D eigenvalue weighted by atomic mass is 19.1. The van der Waals surface area contributed by atoms with Crippen LogP contribution < -0.4 is 10.1 Å². The van der Waals surface area contributed by atoms with Gasteiger partial charge >= 0.3 is 0 Å². The third-order valence-corrected chi connectivity index (χ3v) is 3.91. The maximum absolute atomic E-state index is 13.9. The number of hydrogen-bond acceptors (Lipinski definition) is 4. The van der Waals surface area contributed by atoms with E-state index < -0.39 is 11.7 Å². The molecule has 3 aromatic rings. The van der Waals surface area contributed by atoms with E-state index in [2.05, 4.69) is 15.4 Å². The molecule has 0 radical (unpaired) electrons. The molecule has 0 aliphatic rings. The van der Waals surface area contributed by atoms with E-state index in [9.17, 15) is 9.18 Å². The van der Waals surface area contributed by atoms with E-state index >= 15 is 0 Å². The first-order valence-corrected chi connectivity index (χ1v) is 8.08. The molecule has 0 aliphatic heterocycles. The lowest BCUT2D eigenvalue weighted by Crippen LogP contribution is -2.24. The number of carbonyl (C=O) groups excluding carboxylic acids is 1. The first-order valence-electron chi connectivity index (χ1n) is 8.08. The van der Waals surface area contributed by atoms with Gasteiger partial charge in [0.15, 0.2) is 5.82 Å². The summed E-state index contributed by atoms with van der Waals surface area (Å²) < 4.78 is 20.6. The zero-order valence-electron chi connectivity index (χ0n) is 14.8. The van der Waals surface area contributed by atoms with Crippen molar-refractivity contribution in [2.45, 2.75) is 20.4 Å². The molecule has 0 spiro atoms. The molecule has 7 heteroatoms. The number of nitrogens with zero attached hydrogens (tertiary/aromatic N) is 3. The monoisotopic (exact) mass is 354 g/mol. The summed E-state index contributed by atoms with van der Waals surface area (Å²) in [5.41, 5.74) is 2.68.